The fourth-order valence-electron chi connectivity index (χ4n) is 3.07. The third-order valence-corrected chi connectivity index (χ3v) is 4.62. The van der Waals surface area contributed by atoms with Crippen molar-refractivity contribution in [3.05, 3.63) is 71.0 Å². The molecule has 0 radical (unpaired) electrons. The normalized spacial score (nSPS) is 13.9. The summed E-state index contributed by atoms with van der Waals surface area (Å²) in [4.78, 5) is 24.2. The number of rotatable bonds is 6. The van der Waals surface area contributed by atoms with E-state index in [-0.39, 0.29) is 24.3 Å². The van der Waals surface area contributed by atoms with Gasteiger partial charge in [-0.15, -0.1) is 0 Å². The van der Waals surface area contributed by atoms with E-state index >= 15 is 0 Å². The number of amides is 2. The number of nitrogens with one attached hydrogen (secondary N) is 1. The average molecular weight is 421 g/mol. The van der Waals surface area contributed by atoms with Gasteiger partial charge < -0.3 is 5.32 Å². The van der Waals surface area contributed by atoms with Crippen LogP contribution in [0, 0.1) is 5.82 Å². The third-order valence-electron chi connectivity index (χ3n) is 4.62. The highest BCUT2D eigenvalue weighted by Crippen LogP contribution is 2.32. The predicted octanol–water partition coefficient (Wildman–Crippen LogP) is 3.88. The van der Waals surface area contributed by atoms with Gasteiger partial charge in [-0.2, -0.15) is 18.3 Å². The van der Waals surface area contributed by atoms with E-state index in [2.05, 4.69) is 10.4 Å². The molecular formula is C21H19F4N3O2. The SMILES string of the molecule is O=C(CCC(=O)N1CCC(c2ccccc2)=N1)NCc1ccc(F)cc1C(F)(F)F. The number of hydrogen-bond donors (Lipinski definition) is 1. The molecule has 30 heavy (non-hydrogen) atoms. The number of hydrogen-bond acceptors (Lipinski definition) is 3. The zero-order valence-corrected chi connectivity index (χ0v) is 15.9. The number of carbonyl (C=O) groups excluding carboxylic acids is 2. The molecule has 0 saturated heterocycles. The van der Waals surface area contributed by atoms with E-state index in [0.29, 0.717) is 19.0 Å². The van der Waals surface area contributed by atoms with Crippen LogP contribution in [0.4, 0.5) is 17.6 Å². The Kier molecular flexibility index (Phi) is 6.49. The maximum atomic E-state index is 13.1. The van der Waals surface area contributed by atoms with Crippen LogP contribution in [0.15, 0.2) is 53.6 Å². The predicted molar refractivity (Wildman–Crippen MR) is 102 cm³/mol. The molecular weight excluding hydrogens is 402 g/mol. The fraction of sp³-hybridized carbons (Fsp3) is 0.286. The molecule has 0 atom stereocenters. The average Bonchev–Trinajstić information content (AvgIpc) is 3.21. The highest BCUT2D eigenvalue weighted by atomic mass is 19.4. The summed E-state index contributed by atoms with van der Waals surface area (Å²) < 4.78 is 52.1. The molecule has 1 aliphatic heterocycles. The minimum atomic E-state index is -4.73. The smallest absolute Gasteiger partial charge is 0.352 e. The van der Waals surface area contributed by atoms with Crippen molar-refractivity contribution < 1.29 is 27.2 Å². The molecule has 0 aliphatic carbocycles. The van der Waals surface area contributed by atoms with Gasteiger partial charge in [0.1, 0.15) is 5.82 Å². The number of nitrogens with zero attached hydrogens (tertiary/aromatic N) is 2. The number of benzene rings is 2. The highest BCUT2D eigenvalue weighted by Gasteiger charge is 2.33. The van der Waals surface area contributed by atoms with Gasteiger partial charge in [-0.25, -0.2) is 9.40 Å². The first-order chi connectivity index (χ1) is 14.2. The van der Waals surface area contributed by atoms with Crippen LogP contribution < -0.4 is 5.32 Å². The fourth-order valence-corrected chi connectivity index (χ4v) is 3.07. The lowest BCUT2D eigenvalue weighted by molar-refractivity contribution is -0.138. The van der Waals surface area contributed by atoms with Gasteiger partial charge in [-0.05, 0) is 23.3 Å². The summed E-state index contributed by atoms with van der Waals surface area (Å²) >= 11 is 0. The summed E-state index contributed by atoms with van der Waals surface area (Å²) in [6, 6.07) is 11.7. The monoisotopic (exact) mass is 421 g/mol. The Balaban J connectivity index is 1.51. The first-order valence-corrected chi connectivity index (χ1v) is 9.29. The molecule has 3 rings (SSSR count). The van der Waals surface area contributed by atoms with Gasteiger partial charge in [-0.3, -0.25) is 9.59 Å². The second-order valence-corrected chi connectivity index (χ2v) is 6.76. The van der Waals surface area contributed by atoms with Gasteiger partial charge in [0, 0.05) is 25.8 Å². The minimum Gasteiger partial charge on any atom is -0.352 e. The molecule has 0 fully saturated rings. The number of alkyl halides is 3. The van der Waals surface area contributed by atoms with Crippen molar-refractivity contribution in [1.29, 1.82) is 0 Å². The number of carbonyl (C=O) groups is 2. The second-order valence-electron chi connectivity index (χ2n) is 6.76. The molecule has 0 bridgehead atoms. The Morgan fingerprint density at radius 3 is 2.50 bits per heavy atom. The maximum Gasteiger partial charge on any atom is 0.416 e. The molecule has 0 spiro atoms. The number of halogens is 4. The van der Waals surface area contributed by atoms with E-state index in [1.807, 2.05) is 30.3 Å². The van der Waals surface area contributed by atoms with Crippen molar-refractivity contribution in [2.24, 2.45) is 5.10 Å². The highest BCUT2D eigenvalue weighted by molar-refractivity contribution is 6.02. The molecule has 5 nitrogen and oxygen atoms in total. The van der Waals surface area contributed by atoms with Crippen molar-refractivity contribution >= 4 is 17.5 Å². The quantitative estimate of drug-likeness (QED) is 0.720. The van der Waals surface area contributed by atoms with Gasteiger partial charge >= 0.3 is 6.18 Å². The Hall–Kier alpha value is -3.23. The Bertz CT molecular complexity index is 958. The van der Waals surface area contributed by atoms with Crippen LogP contribution in [0.2, 0.25) is 0 Å². The van der Waals surface area contributed by atoms with Gasteiger partial charge in [0.15, 0.2) is 0 Å². The zero-order chi connectivity index (χ0) is 21.7. The second kappa shape index (κ2) is 9.06. The van der Waals surface area contributed by atoms with Crippen LogP contribution >= 0.6 is 0 Å². The van der Waals surface area contributed by atoms with Crippen LogP contribution in [0.5, 0.6) is 0 Å². The summed E-state index contributed by atoms with van der Waals surface area (Å²) in [5.41, 5.74) is 0.314. The van der Waals surface area contributed by atoms with Crippen LogP contribution in [-0.2, 0) is 22.3 Å². The van der Waals surface area contributed by atoms with Crippen molar-refractivity contribution in [2.45, 2.75) is 32.0 Å². The van der Waals surface area contributed by atoms with Crippen LogP contribution in [-0.4, -0.2) is 29.1 Å². The lowest BCUT2D eigenvalue weighted by Crippen LogP contribution is -2.28. The minimum absolute atomic E-state index is 0.118. The molecule has 2 aromatic rings. The topological polar surface area (TPSA) is 61.8 Å². The van der Waals surface area contributed by atoms with Crippen molar-refractivity contribution in [3.8, 4) is 0 Å². The van der Waals surface area contributed by atoms with Crippen molar-refractivity contribution in [3.63, 3.8) is 0 Å². The van der Waals surface area contributed by atoms with Crippen LogP contribution in [0.3, 0.4) is 0 Å². The van der Waals surface area contributed by atoms with Crippen molar-refractivity contribution in [2.75, 3.05) is 6.54 Å². The molecule has 0 aromatic heterocycles. The molecule has 0 saturated carbocycles. The molecule has 1 N–H and O–H groups in total. The lowest BCUT2D eigenvalue weighted by Gasteiger charge is -2.14. The summed E-state index contributed by atoms with van der Waals surface area (Å²) in [6.07, 6.45) is -4.43. The van der Waals surface area contributed by atoms with E-state index in [1.54, 1.807) is 0 Å². The van der Waals surface area contributed by atoms with Gasteiger partial charge in [0.25, 0.3) is 0 Å². The number of hydrazone groups is 1. The Labute approximate surface area is 170 Å². The summed E-state index contributed by atoms with van der Waals surface area (Å²) in [7, 11) is 0. The molecule has 1 heterocycles. The molecule has 9 heteroatoms. The Morgan fingerprint density at radius 1 is 1.07 bits per heavy atom. The standard InChI is InChI=1S/C21H19F4N3O2/c22-16-7-6-15(17(12-16)21(23,24)25)13-26-19(29)8-9-20(30)28-11-10-18(27-28)14-4-2-1-3-5-14/h1-7,12H,8-11,13H2,(H,26,29). The van der Waals surface area contributed by atoms with Crippen LogP contribution in [0.25, 0.3) is 0 Å². The first kappa shape index (κ1) is 21.5. The molecule has 2 amide bonds. The van der Waals surface area contributed by atoms with E-state index in [4.69, 9.17) is 0 Å². The van der Waals surface area contributed by atoms with E-state index in [9.17, 15) is 27.2 Å². The Morgan fingerprint density at radius 2 is 1.80 bits per heavy atom. The lowest BCUT2D eigenvalue weighted by atomic mass is 10.1. The van der Waals surface area contributed by atoms with Crippen molar-refractivity contribution in [1.82, 2.24) is 10.3 Å². The first-order valence-electron chi connectivity index (χ1n) is 9.29. The molecule has 2 aromatic carbocycles. The van der Waals surface area contributed by atoms with Crippen LogP contribution in [0.1, 0.15) is 36.0 Å². The third kappa shape index (κ3) is 5.43. The summed E-state index contributed by atoms with van der Waals surface area (Å²) in [5, 5.41) is 7.93. The van der Waals surface area contributed by atoms with E-state index < -0.39 is 30.0 Å². The summed E-state index contributed by atoms with van der Waals surface area (Å²) in [6.45, 7) is -0.00261. The molecule has 0 unspecified atom stereocenters. The van der Waals surface area contributed by atoms with Gasteiger partial charge in [0.05, 0.1) is 17.8 Å². The largest absolute Gasteiger partial charge is 0.416 e. The molecule has 1 aliphatic rings. The van der Waals surface area contributed by atoms with Gasteiger partial charge in [0.2, 0.25) is 11.8 Å². The van der Waals surface area contributed by atoms with Gasteiger partial charge in [-0.1, -0.05) is 36.4 Å². The van der Waals surface area contributed by atoms with E-state index in [1.165, 1.54) is 5.01 Å². The molecule has 158 valence electrons. The van der Waals surface area contributed by atoms with E-state index in [0.717, 1.165) is 23.4 Å². The maximum absolute atomic E-state index is 13.1. The summed E-state index contributed by atoms with van der Waals surface area (Å²) in [5.74, 6) is -1.93. The zero-order valence-electron chi connectivity index (χ0n) is 15.9.